The molecule has 4 amide bonds. The van der Waals surface area contributed by atoms with E-state index in [1.807, 2.05) is 30.3 Å². The Labute approximate surface area is 223 Å². The van der Waals surface area contributed by atoms with Gasteiger partial charge in [-0.05, 0) is 30.2 Å². The first-order valence-corrected chi connectivity index (χ1v) is 13.5. The Balaban J connectivity index is 1.46. The Morgan fingerprint density at radius 3 is 2.63 bits per heavy atom. The van der Waals surface area contributed by atoms with E-state index in [-0.39, 0.29) is 61.5 Å². The molecule has 0 aliphatic carbocycles. The molecule has 1 aromatic rings. The van der Waals surface area contributed by atoms with E-state index in [0.29, 0.717) is 58.8 Å². The number of nitrogens with two attached hydrogens (primary N) is 1. The number of nitrogens with zero attached hydrogens (tertiary/aromatic N) is 2. The van der Waals surface area contributed by atoms with Gasteiger partial charge in [0.15, 0.2) is 0 Å². The number of fused-ring (bicyclic) bond motifs is 3. The first kappa shape index (κ1) is 28.0. The van der Waals surface area contributed by atoms with Crippen LogP contribution in [0.15, 0.2) is 30.3 Å². The minimum atomic E-state index is -0.740. The second-order valence-electron chi connectivity index (χ2n) is 10.3. The van der Waals surface area contributed by atoms with E-state index in [0.717, 1.165) is 5.56 Å². The predicted octanol–water partition coefficient (Wildman–Crippen LogP) is -0.361. The maximum Gasteiger partial charge on any atom is 0.248 e. The highest BCUT2D eigenvalue weighted by Crippen LogP contribution is 2.31. The van der Waals surface area contributed by atoms with Crippen LogP contribution in [-0.2, 0) is 35.2 Å². The molecule has 3 aliphatic rings. The smallest absolute Gasteiger partial charge is 0.248 e. The maximum atomic E-state index is 13.5. The van der Waals surface area contributed by atoms with Crippen LogP contribution < -0.4 is 16.4 Å². The highest BCUT2D eigenvalue weighted by atomic mass is 16.5. The van der Waals surface area contributed by atoms with Crippen molar-refractivity contribution in [3.05, 3.63) is 35.9 Å². The summed E-state index contributed by atoms with van der Waals surface area (Å²) in [4.78, 5) is 55.3. The molecule has 0 radical (unpaired) electrons. The fraction of sp³-hybridized carbons (Fsp3) is 0.630. The van der Waals surface area contributed by atoms with Crippen LogP contribution in [0.1, 0.15) is 31.2 Å². The molecule has 1 aromatic carbocycles. The van der Waals surface area contributed by atoms with E-state index in [2.05, 4.69) is 10.6 Å². The number of carbonyl (C=O) groups is 4. The summed E-state index contributed by atoms with van der Waals surface area (Å²) in [6.45, 7) is 2.79. The molecule has 3 saturated heterocycles. The van der Waals surface area contributed by atoms with Crippen molar-refractivity contribution in [2.24, 2.45) is 17.6 Å². The number of rotatable bonds is 4. The van der Waals surface area contributed by atoms with Crippen LogP contribution in [0.25, 0.3) is 0 Å². The van der Waals surface area contributed by atoms with Crippen molar-refractivity contribution >= 4 is 23.6 Å². The van der Waals surface area contributed by atoms with Gasteiger partial charge in [-0.25, -0.2) is 0 Å². The van der Waals surface area contributed by atoms with Gasteiger partial charge in [0, 0.05) is 51.6 Å². The van der Waals surface area contributed by atoms with Gasteiger partial charge in [0.25, 0.3) is 0 Å². The molecule has 0 saturated carbocycles. The highest BCUT2D eigenvalue weighted by Gasteiger charge is 2.42. The number of carbonyl (C=O) groups excluding carboxylic acids is 4. The Morgan fingerprint density at radius 1 is 1.03 bits per heavy atom. The minimum absolute atomic E-state index is 0.0634. The summed E-state index contributed by atoms with van der Waals surface area (Å²) < 4.78 is 11.0. The summed E-state index contributed by atoms with van der Waals surface area (Å²) in [5.41, 5.74) is 7.24. The molecule has 11 nitrogen and oxygen atoms in total. The Morgan fingerprint density at radius 2 is 1.82 bits per heavy atom. The Kier molecular flexibility index (Phi) is 10.1. The summed E-state index contributed by atoms with van der Waals surface area (Å²) in [6, 6.07) is 8.50. The predicted molar refractivity (Wildman–Crippen MR) is 138 cm³/mol. The van der Waals surface area contributed by atoms with Crippen LogP contribution in [-0.4, -0.2) is 98.1 Å². The van der Waals surface area contributed by atoms with Crippen molar-refractivity contribution in [1.82, 2.24) is 20.4 Å². The van der Waals surface area contributed by atoms with Gasteiger partial charge in [0.05, 0.1) is 19.8 Å². The molecule has 4 N–H and O–H groups in total. The number of hydrogen-bond donors (Lipinski definition) is 3. The molecule has 2 bridgehead atoms. The molecule has 208 valence electrons. The summed E-state index contributed by atoms with van der Waals surface area (Å²) in [6.07, 6.45) is 1.55. The second kappa shape index (κ2) is 13.7. The van der Waals surface area contributed by atoms with E-state index in [1.165, 1.54) is 0 Å². The van der Waals surface area contributed by atoms with Gasteiger partial charge < -0.3 is 35.6 Å². The van der Waals surface area contributed by atoms with Gasteiger partial charge >= 0.3 is 0 Å². The van der Waals surface area contributed by atoms with Gasteiger partial charge in [-0.1, -0.05) is 30.3 Å². The van der Waals surface area contributed by atoms with Crippen LogP contribution in [0.5, 0.6) is 0 Å². The number of ether oxygens (including phenoxy) is 2. The van der Waals surface area contributed by atoms with Gasteiger partial charge in [-0.2, -0.15) is 0 Å². The number of hydrogen-bond acceptors (Lipinski definition) is 7. The normalized spacial score (nSPS) is 27.9. The van der Waals surface area contributed by atoms with Gasteiger partial charge in [-0.15, -0.1) is 0 Å². The van der Waals surface area contributed by atoms with Crippen LogP contribution in [0, 0.1) is 11.8 Å². The number of amides is 4. The fourth-order valence-corrected chi connectivity index (χ4v) is 5.51. The lowest BCUT2D eigenvalue weighted by molar-refractivity contribution is -0.143. The standard InChI is InChI=1S/C27H39N5O6/c28-22-7-10-32-24(34)15-21-17-31(25(35)18-38-13-12-37-11-8-29-27(36)26(22)32)9-6-20(21)14-23(33)30-16-19-4-2-1-3-5-19/h1-5,20-22,26H,6-18,28H2,(H,29,36)(H,30,33)/t20-,21-,22+,26-/m0/s1. The van der Waals surface area contributed by atoms with Gasteiger partial charge in [0.1, 0.15) is 12.6 Å². The molecular formula is C27H39N5O6. The fourth-order valence-electron chi connectivity index (χ4n) is 5.51. The summed E-state index contributed by atoms with van der Waals surface area (Å²) >= 11 is 0. The zero-order valence-corrected chi connectivity index (χ0v) is 21.8. The molecule has 3 aliphatic heterocycles. The maximum absolute atomic E-state index is 13.5. The monoisotopic (exact) mass is 529 g/mol. The van der Waals surface area contributed by atoms with Gasteiger partial charge in [-0.3, -0.25) is 19.2 Å². The number of nitrogens with one attached hydrogen (secondary N) is 2. The molecule has 3 heterocycles. The van der Waals surface area contributed by atoms with Crippen molar-refractivity contribution in [2.45, 2.75) is 44.3 Å². The third-order valence-electron chi connectivity index (χ3n) is 7.64. The molecule has 0 unspecified atom stereocenters. The SMILES string of the molecule is N[C@@H]1CCN2C(=O)C[C@H]3CN(CC[C@H]3CC(=O)NCc3ccccc3)C(=O)COCCOCCNC(=O)[C@H]12. The average molecular weight is 530 g/mol. The molecule has 11 heteroatoms. The third kappa shape index (κ3) is 7.52. The molecule has 4 rings (SSSR count). The lowest BCUT2D eigenvalue weighted by Crippen LogP contribution is -2.54. The topological polar surface area (TPSA) is 143 Å². The quantitative estimate of drug-likeness (QED) is 0.483. The molecule has 4 atom stereocenters. The Bertz CT molecular complexity index is 976. The lowest BCUT2D eigenvalue weighted by atomic mass is 9.80. The minimum Gasteiger partial charge on any atom is -0.377 e. The molecule has 3 fully saturated rings. The third-order valence-corrected chi connectivity index (χ3v) is 7.64. The summed E-state index contributed by atoms with van der Waals surface area (Å²) in [5, 5.41) is 5.79. The molecule has 38 heavy (non-hydrogen) atoms. The number of benzene rings is 1. The summed E-state index contributed by atoms with van der Waals surface area (Å²) in [7, 11) is 0. The van der Waals surface area contributed by atoms with Crippen molar-refractivity contribution in [1.29, 1.82) is 0 Å². The van der Waals surface area contributed by atoms with E-state index < -0.39 is 12.1 Å². The van der Waals surface area contributed by atoms with Crippen molar-refractivity contribution in [3.63, 3.8) is 0 Å². The van der Waals surface area contributed by atoms with Crippen molar-refractivity contribution < 1.29 is 28.7 Å². The van der Waals surface area contributed by atoms with E-state index in [1.54, 1.807) is 9.80 Å². The lowest BCUT2D eigenvalue weighted by Gasteiger charge is -2.39. The van der Waals surface area contributed by atoms with Crippen molar-refractivity contribution in [3.8, 4) is 0 Å². The van der Waals surface area contributed by atoms with E-state index in [4.69, 9.17) is 15.2 Å². The molecule has 0 spiro atoms. The molecular weight excluding hydrogens is 490 g/mol. The number of piperidine rings is 1. The highest BCUT2D eigenvalue weighted by molar-refractivity contribution is 5.89. The molecule has 0 aromatic heterocycles. The largest absolute Gasteiger partial charge is 0.377 e. The van der Waals surface area contributed by atoms with Crippen LogP contribution >= 0.6 is 0 Å². The second-order valence-corrected chi connectivity index (χ2v) is 10.3. The van der Waals surface area contributed by atoms with Gasteiger partial charge in [0.2, 0.25) is 23.6 Å². The Hall–Kier alpha value is -3.02. The van der Waals surface area contributed by atoms with E-state index in [9.17, 15) is 19.2 Å². The summed E-state index contributed by atoms with van der Waals surface area (Å²) in [5.74, 6) is -0.982. The zero-order chi connectivity index (χ0) is 26.9. The van der Waals surface area contributed by atoms with Crippen molar-refractivity contribution in [2.75, 3.05) is 52.6 Å². The van der Waals surface area contributed by atoms with E-state index >= 15 is 0 Å². The van der Waals surface area contributed by atoms with Crippen LogP contribution in [0.2, 0.25) is 0 Å². The van der Waals surface area contributed by atoms with Crippen LogP contribution in [0.3, 0.4) is 0 Å². The van der Waals surface area contributed by atoms with Crippen LogP contribution in [0.4, 0.5) is 0 Å². The first-order valence-electron chi connectivity index (χ1n) is 13.5. The average Bonchev–Trinajstić information content (AvgIpc) is 3.31. The zero-order valence-electron chi connectivity index (χ0n) is 21.8. The first-order chi connectivity index (χ1) is 18.4.